The van der Waals surface area contributed by atoms with Gasteiger partial charge in [0.25, 0.3) is 0 Å². The lowest BCUT2D eigenvalue weighted by Gasteiger charge is -2.15. The van der Waals surface area contributed by atoms with Gasteiger partial charge in [-0.1, -0.05) is 58.7 Å². The number of phenols is 1. The highest BCUT2D eigenvalue weighted by molar-refractivity contribution is 6.01. The minimum atomic E-state index is -0.120. The lowest BCUT2D eigenvalue weighted by molar-refractivity contribution is 0.318. The molecule has 0 heterocycles. The predicted molar refractivity (Wildman–Crippen MR) is 106 cm³/mol. The van der Waals surface area contributed by atoms with Gasteiger partial charge in [0, 0.05) is 0 Å². The number of rotatable bonds is 3. The maximum absolute atomic E-state index is 10.0. The van der Waals surface area contributed by atoms with Gasteiger partial charge in [0.05, 0.1) is 5.56 Å². The number of phenolic OH excluding ortho intramolecular Hbond substituents is 1. The van der Waals surface area contributed by atoms with E-state index in [1.54, 1.807) is 12.1 Å². The SMILES string of the molecule is Cc1ccc(-c2ccc(C)cc2-c2ccc(O)c(C(N)=NO)c2)c(C)c1. The Balaban J connectivity index is 2.25. The van der Waals surface area contributed by atoms with Crippen LogP contribution in [0.2, 0.25) is 0 Å². The molecule has 0 amide bonds. The monoisotopic (exact) mass is 346 g/mol. The maximum Gasteiger partial charge on any atom is 0.173 e. The standard InChI is InChI=1S/C22H22N2O2/c1-13-4-7-17(15(3)10-13)18-8-5-14(2)11-19(18)16-6-9-21(25)20(12-16)22(23)24-26/h4-12,25-26H,1-3H3,(H2,23,24). The van der Waals surface area contributed by atoms with E-state index in [1.165, 1.54) is 11.1 Å². The van der Waals surface area contributed by atoms with Crippen LogP contribution in [0.5, 0.6) is 5.75 Å². The number of hydrogen-bond donors (Lipinski definition) is 3. The van der Waals surface area contributed by atoms with Crippen LogP contribution in [-0.2, 0) is 0 Å². The van der Waals surface area contributed by atoms with Gasteiger partial charge in [-0.25, -0.2) is 0 Å². The summed E-state index contributed by atoms with van der Waals surface area (Å²) in [5.41, 5.74) is 13.7. The molecule has 4 N–H and O–H groups in total. The summed E-state index contributed by atoms with van der Waals surface area (Å²) in [6.07, 6.45) is 0. The van der Waals surface area contributed by atoms with E-state index in [2.05, 4.69) is 55.4 Å². The van der Waals surface area contributed by atoms with Gasteiger partial charge >= 0.3 is 0 Å². The lowest BCUT2D eigenvalue weighted by atomic mass is 9.89. The van der Waals surface area contributed by atoms with E-state index in [4.69, 9.17) is 10.9 Å². The molecule has 0 fully saturated rings. The molecule has 0 aliphatic heterocycles. The van der Waals surface area contributed by atoms with E-state index in [9.17, 15) is 5.11 Å². The second-order valence-corrected chi connectivity index (χ2v) is 6.58. The molecule has 0 aliphatic carbocycles. The highest BCUT2D eigenvalue weighted by Gasteiger charge is 2.13. The van der Waals surface area contributed by atoms with Crippen molar-refractivity contribution < 1.29 is 10.3 Å². The van der Waals surface area contributed by atoms with Crippen molar-refractivity contribution in [1.82, 2.24) is 0 Å². The third kappa shape index (κ3) is 3.26. The predicted octanol–water partition coefficient (Wildman–Crippen LogP) is 4.75. The van der Waals surface area contributed by atoms with Gasteiger partial charge in [0.2, 0.25) is 0 Å². The van der Waals surface area contributed by atoms with Crippen molar-refractivity contribution in [3.63, 3.8) is 0 Å². The first kappa shape index (κ1) is 17.5. The first-order valence-corrected chi connectivity index (χ1v) is 8.40. The summed E-state index contributed by atoms with van der Waals surface area (Å²) in [5.74, 6) is -0.144. The zero-order chi connectivity index (χ0) is 18.8. The van der Waals surface area contributed by atoms with Gasteiger partial charge in [-0.15, -0.1) is 0 Å². The number of amidine groups is 1. The van der Waals surface area contributed by atoms with Crippen molar-refractivity contribution in [2.24, 2.45) is 10.9 Å². The molecule has 0 aromatic heterocycles. The summed E-state index contributed by atoms with van der Waals surface area (Å²) in [5, 5.41) is 22.0. The van der Waals surface area contributed by atoms with Crippen molar-refractivity contribution in [1.29, 1.82) is 0 Å². The van der Waals surface area contributed by atoms with Gasteiger partial charge < -0.3 is 16.0 Å². The number of hydrogen-bond acceptors (Lipinski definition) is 3. The zero-order valence-corrected chi connectivity index (χ0v) is 15.1. The fraction of sp³-hybridized carbons (Fsp3) is 0.136. The van der Waals surface area contributed by atoms with Crippen LogP contribution in [0, 0.1) is 20.8 Å². The minimum Gasteiger partial charge on any atom is -0.507 e. The summed E-state index contributed by atoms with van der Waals surface area (Å²) >= 11 is 0. The van der Waals surface area contributed by atoms with Crippen molar-refractivity contribution in [2.75, 3.05) is 0 Å². The van der Waals surface area contributed by atoms with Gasteiger partial charge in [-0.3, -0.25) is 0 Å². The third-order valence-electron chi connectivity index (χ3n) is 4.54. The zero-order valence-electron chi connectivity index (χ0n) is 15.1. The fourth-order valence-electron chi connectivity index (χ4n) is 3.21. The molecule has 0 spiro atoms. The second-order valence-electron chi connectivity index (χ2n) is 6.58. The molecule has 0 unspecified atom stereocenters. The number of aryl methyl sites for hydroxylation is 3. The Morgan fingerprint density at radius 1 is 0.808 bits per heavy atom. The van der Waals surface area contributed by atoms with Crippen LogP contribution in [0.1, 0.15) is 22.3 Å². The quantitative estimate of drug-likeness (QED) is 0.277. The smallest absolute Gasteiger partial charge is 0.173 e. The molecule has 3 aromatic carbocycles. The average molecular weight is 346 g/mol. The average Bonchev–Trinajstić information content (AvgIpc) is 2.62. The van der Waals surface area contributed by atoms with Crippen molar-refractivity contribution in [2.45, 2.75) is 20.8 Å². The Labute approximate surface area is 153 Å². The lowest BCUT2D eigenvalue weighted by Crippen LogP contribution is -2.13. The molecule has 0 saturated heterocycles. The molecule has 132 valence electrons. The molecule has 0 radical (unpaired) electrons. The van der Waals surface area contributed by atoms with Crippen LogP contribution in [0.25, 0.3) is 22.3 Å². The molecular weight excluding hydrogens is 324 g/mol. The number of nitrogens with two attached hydrogens (primary N) is 1. The summed E-state index contributed by atoms with van der Waals surface area (Å²) < 4.78 is 0. The summed E-state index contributed by atoms with van der Waals surface area (Å²) in [6.45, 7) is 6.22. The normalized spacial score (nSPS) is 11.6. The molecule has 26 heavy (non-hydrogen) atoms. The Kier molecular flexibility index (Phi) is 4.67. The van der Waals surface area contributed by atoms with E-state index >= 15 is 0 Å². The van der Waals surface area contributed by atoms with Crippen molar-refractivity contribution >= 4 is 5.84 Å². The van der Waals surface area contributed by atoms with Crippen LogP contribution < -0.4 is 5.73 Å². The highest BCUT2D eigenvalue weighted by atomic mass is 16.4. The van der Waals surface area contributed by atoms with Crippen molar-refractivity contribution in [3.05, 3.63) is 76.9 Å². The molecule has 0 aliphatic rings. The Morgan fingerprint density at radius 3 is 2.12 bits per heavy atom. The van der Waals surface area contributed by atoms with Crippen LogP contribution in [0.4, 0.5) is 0 Å². The van der Waals surface area contributed by atoms with Gasteiger partial charge in [-0.05, 0) is 60.7 Å². The minimum absolute atomic E-state index is 0.0234. The maximum atomic E-state index is 10.0. The Bertz CT molecular complexity index is 1010. The van der Waals surface area contributed by atoms with E-state index in [0.717, 1.165) is 27.8 Å². The molecule has 0 bridgehead atoms. The molecule has 0 saturated carbocycles. The van der Waals surface area contributed by atoms with E-state index in [-0.39, 0.29) is 11.6 Å². The van der Waals surface area contributed by atoms with Gasteiger partial charge in [0.1, 0.15) is 5.75 Å². The summed E-state index contributed by atoms with van der Waals surface area (Å²) in [4.78, 5) is 0. The fourth-order valence-corrected chi connectivity index (χ4v) is 3.21. The first-order valence-electron chi connectivity index (χ1n) is 8.40. The number of benzene rings is 3. The van der Waals surface area contributed by atoms with Crippen LogP contribution in [0.3, 0.4) is 0 Å². The summed E-state index contributed by atoms with van der Waals surface area (Å²) in [6, 6.07) is 17.8. The van der Waals surface area contributed by atoms with E-state index in [1.807, 2.05) is 13.0 Å². The van der Waals surface area contributed by atoms with Crippen molar-refractivity contribution in [3.8, 4) is 28.0 Å². The van der Waals surface area contributed by atoms with E-state index < -0.39 is 0 Å². The molecule has 0 atom stereocenters. The molecule has 3 aromatic rings. The highest BCUT2D eigenvalue weighted by Crippen LogP contribution is 2.36. The van der Waals surface area contributed by atoms with Crippen LogP contribution in [0.15, 0.2) is 59.8 Å². The first-order chi connectivity index (χ1) is 12.4. The van der Waals surface area contributed by atoms with Crippen LogP contribution in [-0.4, -0.2) is 16.1 Å². The van der Waals surface area contributed by atoms with Gasteiger partial charge in [-0.2, -0.15) is 0 Å². The second kappa shape index (κ2) is 6.92. The summed E-state index contributed by atoms with van der Waals surface area (Å²) in [7, 11) is 0. The molecule has 4 nitrogen and oxygen atoms in total. The van der Waals surface area contributed by atoms with E-state index in [0.29, 0.717) is 5.56 Å². The number of oxime groups is 1. The number of nitrogens with zero attached hydrogens (tertiary/aromatic N) is 1. The Hall–Kier alpha value is -3.27. The topological polar surface area (TPSA) is 78.8 Å². The Morgan fingerprint density at radius 2 is 1.46 bits per heavy atom. The molecular formula is C22H22N2O2. The molecule has 3 rings (SSSR count). The largest absolute Gasteiger partial charge is 0.507 e. The number of aromatic hydroxyl groups is 1. The van der Waals surface area contributed by atoms with Gasteiger partial charge in [0.15, 0.2) is 5.84 Å². The third-order valence-corrected chi connectivity index (χ3v) is 4.54. The molecule has 4 heteroatoms. The van der Waals surface area contributed by atoms with Crippen LogP contribution >= 0.6 is 0 Å².